The molecule has 0 fully saturated rings. The number of carboxylic acid groups (broad SMARTS) is 1. The second-order valence-electron chi connectivity index (χ2n) is 10.4. The number of carbonyl (C=O) groups excluding carboxylic acids is 1. The van der Waals surface area contributed by atoms with Crippen LogP contribution >= 0.6 is 0 Å². The van der Waals surface area contributed by atoms with E-state index in [2.05, 4.69) is 4.99 Å². The van der Waals surface area contributed by atoms with E-state index in [1.54, 1.807) is 18.2 Å². The maximum Gasteiger partial charge on any atom is 0.326 e. The smallest absolute Gasteiger partial charge is 0.326 e. The molecule has 0 aromatic heterocycles. The van der Waals surface area contributed by atoms with Crippen molar-refractivity contribution in [3.63, 3.8) is 0 Å². The number of aliphatic carboxylic acids is 1. The first-order valence-electron chi connectivity index (χ1n) is 12.3. The van der Waals surface area contributed by atoms with Gasteiger partial charge in [-0.3, -0.25) is 18.7 Å². The van der Waals surface area contributed by atoms with Crippen LogP contribution in [0.2, 0.25) is 0 Å². The Bertz CT molecular complexity index is 1650. The largest absolute Gasteiger partial charge is 0.491 e. The highest BCUT2D eigenvalue weighted by atomic mass is 32.2. The van der Waals surface area contributed by atoms with Gasteiger partial charge < -0.3 is 9.84 Å². The van der Waals surface area contributed by atoms with Crippen molar-refractivity contribution >= 4 is 49.1 Å². The highest BCUT2D eigenvalue weighted by molar-refractivity contribution is 7.90. The van der Waals surface area contributed by atoms with Crippen LogP contribution in [0.1, 0.15) is 32.8 Å². The van der Waals surface area contributed by atoms with E-state index in [-0.39, 0.29) is 29.7 Å². The lowest BCUT2D eigenvalue weighted by Crippen LogP contribution is -2.40. The topological polar surface area (TPSA) is 188 Å². The molecule has 1 aliphatic carbocycles. The number of nitrogens with zero attached hydrogens (tertiary/aromatic N) is 2. The van der Waals surface area contributed by atoms with Crippen LogP contribution in [0.15, 0.2) is 58.5 Å². The molecule has 214 valence electrons. The summed E-state index contributed by atoms with van der Waals surface area (Å²) in [7, 11) is -9.28. The molecule has 0 spiro atoms. The monoisotopic (exact) mass is 593 g/mol. The van der Waals surface area contributed by atoms with E-state index in [0.717, 1.165) is 12.2 Å². The van der Waals surface area contributed by atoms with Gasteiger partial charge in [0.05, 0.1) is 34.5 Å². The number of ether oxygens (including phenoxy) is 1. The van der Waals surface area contributed by atoms with E-state index in [9.17, 15) is 40.6 Å². The van der Waals surface area contributed by atoms with Crippen LogP contribution < -0.4 is 4.74 Å². The van der Waals surface area contributed by atoms with Gasteiger partial charge in [0, 0.05) is 12.5 Å². The fourth-order valence-corrected chi connectivity index (χ4v) is 6.58. The summed E-state index contributed by atoms with van der Waals surface area (Å²) in [5.41, 5.74) is 0.126. The average Bonchev–Trinajstić information content (AvgIpc) is 3.01. The third kappa shape index (κ3) is 6.14. The third-order valence-corrected chi connectivity index (χ3v) is 8.46. The first-order chi connectivity index (χ1) is 18.5. The highest BCUT2D eigenvalue weighted by Crippen LogP contribution is 2.46. The van der Waals surface area contributed by atoms with Crippen LogP contribution in [-0.2, 0) is 36.2 Å². The van der Waals surface area contributed by atoms with Crippen LogP contribution in [0.3, 0.4) is 0 Å². The predicted molar refractivity (Wildman–Crippen MR) is 145 cm³/mol. The van der Waals surface area contributed by atoms with E-state index in [1.807, 2.05) is 13.8 Å². The molecule has 0 saturated carbocycles. The Hall–Kier alpha value is -3.46. The Morgan fingerprint density at radius 2 is 1.93 bits per heavy atom. The van der Waals surface area contributed by atoms with Crippen molar-refractivity contribution in [2.75, 3.05) is 5.88 Å². The van der Waals surface area contributed by atoms with Gasteiger partial charge in [-0.1, -0.05) is 6.92 Å². The molecular formula is C26H29N2O10S2+. The zero-order chi connectivity index (χ0) is 29.6. The molecule has 1 aromatic carbocycles. The molecular weight excluding hydrogens is 564 g/mol. The van der Waals surface area contributed by atoms with Crippen LogP contribution in [0, 0.1) is 11.3 Å². The molecule has 14 heteroatoms. The molecule has 2 aliphatic heterocycles. The molecule has 0 saturated heterocycles. The average molecular weight is 594 g/mol. The highest BCUT2D eigenvalue weighted by Gasteiger charge is 2.58. The van der Waals surface area contributed by atoms with Gasteiger partial charge in [-0.15, -0.1) is 0 Å². The lowest BCUT2D eigenvalue weighted by Gasteiger charge is -2.30. The summed E-state index contributed by atoms with van der Waals surface area (Å²) in [6, 6.07) is 4.13. The summed E-state index contributed by atoms with van der Waals surface area (Å²) in [6.07, 6.45) is 5.74. The van der Waals surface area contributed by atoms with E-state index in [4.69, 9.17) is 4.74 Å². The molecule has 3 N–H and O–H groups in total. The van der Waals surface area contributed by atoms with Gasteiger partial charge in [0.1, 0.15) is 11.5 Å². The maximum absolute atomic E-state index is 13.0. The van der Waals surface area contributed by atoms with Gasteiger partial charge in [-0.05, 0) is 61.9 Å². The van der Waals surface area contributed by atoms with Gasteiger partial charge in [0.25, 0.3) is 16.0 Å². The fraction of sp³-hybridized carbons (Fsp3) is 0.385. The zero-order valence-corrected chi connectivity index (χ0v) is 23.5. The van der Waals surface area contributed by atoms with Crippen LogP contribution in [0.5, 0.6) is 5.75 Å². The van der Waals surface area contributed by atoms with Gasteiger partial charge in [0.2, 0.25) is 0 Å². The molecule has 12 nitrogen and oxygen atoms in total. The fourth-order valence-electron chi connectivity index (χ4n) is 5.37. The minimum absolute atomic E-state index is 0.0305. The third-order valence-electron chi connectivity index (χ3n) is 6.99. The van der Waals surface area contributed by atoms with Crippen LogP contribution in [-0.4, -0.2) is 76.8 Å². The lowest BCUT2D eigenvalue weighted by molar-refractivity contribution is -0.540. The molecule has 2 heterocycles. The van der Waals surface area contributed by atoms with Crippen molar-refractivity contribution in [1.82, 2.24) is 0 Å². The standard InChI is InChI=1S/C26H28N2O10S2/c1-15(2)38-17-4-6-20-16(10-17)11-23(29)21(27-20)7-9-24-26(3,13-25(30)31)19-12-18(40(35,36)37)5-8-22(19)28(24)14-39(32,33)34/h4-10,12,15,19,24H,11,13-14H2,1-3H3,(H2-,30,31,32,33,34,35,36,37)/p+1/b9-7+. The summed E-state index contributed by atoms with van der Waals surface area (Å²) >= 11 is 0. The normalized spacial score (nSPS) is 24.7. The maximum atomic E-state index is 13.0. The number of benzene rings is 1. The summed E-state index contributed by atoms with van der Waals surface area (Å²) < 4.78 is 73.7. The number of allylic oxidation sites excluding steroid dienone is 4. The minimum atomic E-state index is -4.65. The Balaban J connectivity index is 1.80. The number of carboxylic acids is 1. The SMILES string of the molecule is CC(C)Oc1ccc2c(c1)CC(=O)C(/C=C/C1[N+](CS(=O)(=O)O)=C3C=CC(S(=O)(=O)O)=CC3C1(C)CC(=O)O)=N2. The number of rotatable bonds is 9. The Labute approximate surface area is 231 Å². The molecule has 3 aliphatic rings. The first kappa shape index (κ1) is 29.5. The quantitative estimate of drug-likeness (QED) is 0.283. The number of hydrogen-bond acceptors (Lipinski definition) is 8. The van der Waals surface area contributed by atoms with E-state index < -0.39 is 60.8 Å². The summed E-state index contributed by atoms with van der Waals surface area (Å²) in [4.78, 5) is 28.8. The van der Waals surface area contributed by atoms with E-state index in [1.165, 1.54) is 29.7 Å². The van der Waals surface area contributed by atoms with Gasteiger partial charge >= 0.3 is 16.1 Å². The second kappa shape index (κ2) is 10.5. The molecule has 0 radical (unpaired) electrons. The second-order valence-corrected chi connectivity index (χ2v) is 13.2. The summed E-state index contributed by atoms with van der Waals surface area (Å²) in [5.74, 6) is -2.87. The van der Waals surface area contributed by atoms with Crippen LogP contribution in [0.25, 0.3) is 0 Å². The van der Waals surface area contributed by atoms with Gasteiger partial charge in [-0.25, -0.2) is 9.57 Å². The predicted octanol–water partition coefficient (Wildman–Crippen LogP) is 2.35. The molecule has 3 atom stereocenters. The van der Waals surface area contributed by atoms with Crippen molar-refractivity contribution in [2.45, 2.75) is 45.8 Å². The molecule has 1 aromatic rings. The molecule has 0 amide bonds. The number of Topliss-reactive ketones (excluding diaryl/α,β-unsaturated/α-hetero) is 1. The summed E-state index contributed by atoms with van der Waals surface area (Å²) in [5, 5.41) is 9.72. The Morgan fingerprint density at radius 1 is 1.23 bits per heavy atom. The van der Waals surface area contributed by atoms with Gasteiger partial charge in [0.15, 0.2) is 17.5 Å². The molecule has 40 heavy (non-hydrogen) atoms. The number of fused-ring (bicyclic) bond motifs is 2. The number of hydrogen-bond donors (Lipinski definition) is 3. The first-order valence-corrected chi connectivity index (χ1v) is 15.3. The number of ketones is 1. The molecule has 4 rings (SSSR count). The van der Waals surface area contributed by atoms with E-state index in [0.29, 0.717) is 17.0 Å². The number of aliphatic imine (C=N–C) groups is 1. The zero-order valence-electron chi connectivity index (χ0n) is 21.9. The Morgan fingerprint density at radius 3 is 2.52 bits per heavy atom. The summed E-state index contributed by atoms with van der Waals surface area (Å²) in [6.45, 7) is 5.28. The van der Waals surface area contributed by atoms with Crippen molar-refractivity contribution in [3.05, 3.63) is 59.0 Å². The molecule has 3 unspecified atom stereocenters. The minimum Gasteiger partial charge on any atom is -0.491 e. The van der Waals surface area contributed by atoms with Crippen molar-refractivity contribution in [3.8, 4) is 5.75 Å². The van der Waals surface area contributed by atoms with Crippen molar-refractivity contribution < 1.29 is 49.9 Å². The van der Waals surface area contributed by atoms with E-state index >= 15 is 0 Å². The molecule has 0 bridgehead atoms. The van der Waals surface area contributed by atoms with Gasteiger partial charge in [-0.2, -0.15) is 16.8 Å². The lowest BCUT2D eigenvalue weighted by atomic mass is 9.69. The number of carbonyl (C=O) groups is 2. The van der Waals surface area contributed by atoms with Crippen molar-refractivity contribution in [2.24, 2.45) is 16.3 Å². The van der Waals surface area contributed by atoms with Crippen molar-refractivity contribution in [1.29, 1.82) is 0 Å². The van der Waals surface area contributed by atoms with Crippen LogP contribution in [0.4, 0.5) is 5.69 Å². The Kier molecular flexibility index (Phi) is 7.75.